The van der Waals surface area contributed by atoms with Gasteiger partial charge in [-0.1, -0.05) is 41.9 Å². The topological polar surface area (TPSA) is 105 Å². The Morgan fingerprint density at radius 1 is 1.15 bits per heavy atom. The molecule has 0 aliphatic carbocycles. The van der Waals surface area contributed by atoms with Gasteiger partial charge in [0.1, 0.15) is 0 Å². The van der Waals surface area contributed by atoms with Gasteiger partial charge < -0.3 is 20.4 Å². The van der Waals surface area contributed by atoms with Gasteiger partial charge in [-0.25, -0.2) is 5.43 Å². The first-order chi connectivity index (χ1) is 16.3. The summed E-state index contributed by atoms with van der Waals surface area (Å²) in [6.45, 7) is 2.98. The molecule has 4 N–H and O–H groups in total. The van der Waals surface area contributed by atoms with Crippen molar-refractivity contribution < 1.29 is 19.8 Å². The summed E-state index contributed by atoms with van der Waals surface area (Å²) in [5, 5.41) is 26.1. The molecule has 0 saturated carbocycles. The summed E-state index contributed by atoms with van der Waals surface area (Å²) in [5.41, 5.74) is 5.83. The van der Waals surface area contributed by atoms with E-state index < -0.39 is 30.1 Å². The summed E-state index contributed by atoms with van der Waals surface area (Å²) in [7, 11) is 0. The van der Waals surface area contributed by atoms with Crippen molar-refractivity contribution in [1.29, 1.82) is 0 Å². The molecule has 2 aromatic carbocycles. The van der Waals surface area contributed by atoms with Crippen LogP contribution in [0.3, 0.4) is 0 Å². The summed E-state index contributed by atoms with van der Waals surface area (Å²) in [4.78, 5) is 27.1. The average Bonchev–Trinajstić information content (AvgIpc) is 3.55. The maximum absolute atomic E-state index is 13.0. The molecule has 4 rings (SSSR count). The summed E-state index contributed by atoms with van der Waals surface area (Å²) >= 11 is 6.09. The Balaban J connectivity index is 1.36. The molecule has 2 amide bonds. The first kappa shape index (κ1) is 24.2. The first-order valence-electron chi connectivity index (χ1n) is 11.4. The number of carbonyl (C=O) groups excluding carboxylic acids is 2. The molecule has 180 valence electrons. The van der Waals surface area contributed by atoms with Crippen LogP contribution < -0.4 is 15.8 Å². The second kappa shape index (κ2) is 10.6. The third-order valence-corrected chi connectivity index (χ3v) is 6.49. The lowest BCUT2D eigenvalue weighted by molar-refractivity contribution is -0.154. The Bertz CT molecular complexity index is 1060. The third kappa shape index (κ3) is 5.26. The Morgan fingerprint density at radius 2 is 1.91 bits per heavy atom. The summed E-state index contributed by atoms with van der Waals surface area (Å²) < 4.78 is 0. The van der Waals surface area contributed by atoms with Crippen LogP contribution in [0.4, 0.5) is 5.69 Å². The minimum Gasteiger partial charge on any atom is -0.380 e. The van der Waals surface area contributed by atoms with E-state index in [2.05, 4.69) is 10.7 Å². The van der Waals surface area contributed by atoms with E-state index in [9.17, 15) is 19.8 Å². The fourth-order valence-electron chi connectivity index (χ4n) is 4.38. The van der Waals surface area contributed by atoms with Crippen molar-refractivity contribution in [2.24, 2.45) is 0 Å². The van der Waals surface area contributed by atoms with Crippen molar-refractivity contribution in [3.05, 3.63) is 77.0 Å². The number of halogens is 1. The van der Waals surface area contributed by atoms with E-state index in [1.807, 2.05) is 53.7 Å². The van der Waals surface area contributed by atoms with Gasteiger partial charge in [0.15, 0.2) is 12.2 Å². The number of carbonyl (C=O) groups is 2. The number of amides is 2. The van der Waals surface area contributed by atoms with Crippen molar-refractivity contribution >= 4 is 29.1 Å². The predicted molar refractivity (Wildman–Crippen MR) is 130 cm³/mol. The third-order valence-electron chi connectivity index (χ3n) is 6.25. The number of anilines is 1. The van der Waals surface area contributed by atoms with Crippen LogP contribution in [0.15, 0.2) is 60.8 Å². The van der Waals surface area contributed by atoms with E-state index in [-0.39, 0.29) is 6.04 Å². The Hall–Kier alpha value is -2.91. The van der Waals surface area contributed by atoms with Crippen molar-refractivity contribution in [1.82, 2.24) is 15.6 Å². The number of hydrazine groups is 1. The molecule has 1 fully saturated rings. The summed E-state index contributed by atoms with van der Waals surface area (Å²) in [5.74, 6) is -1.48. The highest BCUT2D eigenvalue weighted by Gasteiger charge is 2.38. The highest BCUT2D eigenvalue weighted by atomic mass is 35.5. The van der Waals surface area contributed by atoms with Gasteiger partial charge >= 0.3 is 0 Å². The van der Waals surface area contributed by atoms with E-state index in [1.165, 1.54) is 4.90 Å². The fraction of sp³-hybridized carbons (Fsp3) is 0.360. The molecule has 0 spiro atoms. The maximum atomic E-state index is 13.0. The zero-order valence-corrected chi connectivity index (χ0v) is 19.7. The molecule has 2 aromatic rings. The Morgan fingerprint density at radius 3 is 2.59 bits per heavy atom. The molecule has 1 saturated heterocycles. The number of aliphatic hydroxyl groups is 2. The second-order valence-corrected chi connectivity index (χ2v) is 9.01. The van der Waals surface area contributed by atoms with Crippen LogP contribution in [0.2, 0.25) is 5.02 Å². The molecular weight excluding hydrogens is 456 g/mol. The Kier molecular flexibility index (Phi) is 7.53. The van der Waals surface area contributed by atoms with Crippen LogP contribution in [0.5, 0.6) is 0 Å². The van der Waals surface area contributed by atoms with Gasteiger partial charge in [-0.3, -0.25) is 14.6 Å². The van der Waals surface area contributed by atoms with Crippen molar-refractivity contribution in [3.8, 4) is 0 Å². The summed E-state index contributed by atoms with van der Waals surface area (Å²) in [6, 6.07) is 14.1. The number of nitrogens with one attached hydrogen (secondary N) is 2. The molecule has 34 heavy (non-hydrogen) atoms. The highest BCUT2D eigenvalue weighted by Crippen LogP contribution is 2.33. The molecule has 1 unspecified atom stereocenters. The average molecular weight is 485 g/mol. The van der Waals surface area contributed by atoms with Crippen molar-refractivity contribution in [2.75, 3.05) is 18.1 Å². The molecule has 2 aliphatic heterocycles. The SMILES string of the molecule is C[C@@H](NC(=O)[C@H](O)[C@@H](O)C(=O)N1CCCC1c1cccc(Cl)c1)c1ccc(N2C=CCN2)cc1. The number of benzene rings is 2. The number of aliphatic hydroxyl groups excluding tert-OH is 2. The van der Waals surface area contributed by atoms with Gasteiger partial charge in [0, 0.05) is 24.3 Å². The second-order valence-electron chi connectivity index (χ2n) is 8.57. The van der Waals surface area contributed by atoms with Gasteiger partial charge in [0.25, 0.3) is 11.8 Å². The molecule has 4 atom stereocenters. The number of rotatable bonds is 7. The van der Waals surface area contributed by atoms with E-state index >= 15 is 0 Å². The monoisotopic (exact) mass is 484 g/mol. The lowest BCUT2D eigenvalue weighted by Gasteiger charge is -2.29. The number of likely N-dealkylation sites (tertiary alicyclic amines) is 1. The number of nitrogens with zero attached hydrogens (tertiary/aromatic N) is 2. The minimum atomic E-state index is -1.88. The molecule has 0 radical (unpaired) electrons. The first-order valence-corrected chi connectivity index (χ1v) is 11.7. The van der Waals surface area contributed by atoms with Crippen LogP contribution in [-0.4, -0.2) is 52.2 Å². The van der Waals surface area contributed by atoms with Crippen molar-refractivity contribution in [3.63, 3.8) is 0 Å². The van der Waals surface area contributed by atoms with E-state index in [4.69, 9.17) is 11.6 Å². The molecule has 8 nitrogen and oxygen atoms in total. The predicted octanol–water partition coefficient (Wildman–Crippen LogP) is 2.44. The molecule has 2 aliphatic rings. The molecule has 0 bridgehead atoms. The fourth-order valence-corrected chi connectivity index (χ4v) is 4.58. The van der Waals surface area contributed by atoms with Gasteiger partial charge in [-0.05, 0) is 55.2 Å². The smallest absolute Gasteiger partial charge is 0.255 e. The largest absolute Gasteiger partial charge is 0.380 e. The molecular formula is C25H29ClN4O4. The van der Waals surface area contributed by atoms with Gasteiger partial charge in [-0.15, -0.1) is 0 Å². The number of hydrogen-bond donors (Lipinski definition) is 4. The lowest BCUT2D eigenvalue weighted by atomic mass is 10.0. The van der Waals surface area contributed by atoms with Crippen LogP contribution in [0, 0.1) is 0 Å². The van der Waals surface area contributed by atoms with Crippen LogP contribution in [0.1, 0.15) is 43.0 Å². The van der Waals surface area contributed by atoms with Gasteiger partial charge in [-0.2, -0.15) is 0 Å². The van der Waals surface area contributed by atoms with E-state index in [1.54, 1.807) is 19.1 Å². The van der Waals surface area contributed by atoms with Crippen LogP contribution >= 0.6 is 11.6 Å². The Labute approximate surface area is 203 Å². The summed E-state index contributed by atoms with van der Waals surface area (Å²) in [6.07, 6.45) is 1.68. The quantitative estimate of drug-likeness (QED) is 0.481. The minimum absolute atomic E-state index is 0.256. The maximum Gasteiger partial charge on any atom is 0.255 e. The highest BCUT2D eigenvalue weighted by molar-refractivity contribution is 6.30. The normalized spacial score (nSPS) is 20.3. The molecule has 9 heteroatoms. The van der Waals surface area contributed by atoms with Crippen molar-refractivity contribution in [2.45, 2.75) is 44.1 Å². The number of hydrogen-bond acceptors (Lipinski definition) is 6. The lowest BCUT2D eigenvalue weighted by Crippen LogP contribution is -2.50. The zero-order valence-electron chi connectivity index (χ0n) is 18.9. The standard InChI is InChI=1S/C25H29ClN4O4/c1-16(17-8-10-20(11-9-17)30-14-4-12-27-30)28-24(33)22(31)23(32)25(34)29-13-3-7-21(29)18-5-2-6-19(26)15-18/h2,4-6,8-11,14-16,21-23,27,31-32H,3,7,12-13H2,1H3,(H,28,33)/t16-,21?,22-,23-/m1/s1. The van der Waals surface area contributed by atoms with Gasteiger partial charge in [0.05, 0.1) is 17.8 Å². The molecule has 2 heterocycles. The van der Waals surface area contributed by atoms with Gasteiger partial charge in [0.2, 0.25) is 0 Å². The van der Waals surface area contributed by atoms with E-state index in [0.29, 0.717) is 11.6 Å². The van der Waals surface area contributed by atoms with Crippen LogP contribution in [0.25, 0.3) is 0 Å². The van der Waals surface area contributed by atoms with Crippen LogP contribution in [-0.2, 0) is 9.59 Å². The van der Waals surface area contributed by atoms with E-state index in [0.717, 1.165) is 36.2 Å². The molecule has 0 aromatic heterocycles. The zero-order chi connectivity index (χ0) is 24.2.